The van der Waals surface area contributed by atoms with Gasteiger partial charge in [-0.05, 0) is 65.5 Å². The number of allylic oxidation sites excluding steroid dienone is 1. The Bertz CT molecular complexity index is 1870. The van der Waals surface area contributed by atoms with E-state index in [0.29, 0.717) is 42.0 Å². The van der Waals surface area contributed by atoms with Gasteiger partial charge in [-0.25, -0.2) is 9.78 Å². The minimum atomic E-state index is -1.26. The number of fused-ring (bicyclic) bond motifs is 1. The van der Waals surface area contributed by atoms with Crippen molar-refractivity contribution in [2.24, 2.45) is 11.8 Å². The molecule has 2 amide bonds. The number of methoxy groups -OCH3 is 1. The molecule has 2 heterocycles. The highest BCUT2D eigenvalue weighted by Gasteiger charge is 2.62. The van der Waals surface area contributed by atoms with Gasteiger partial charge in [-0.3, -0.25) is 14.4 Å². The number of carbonyl (C=O) groups is 4. The molecule has 5 atom stereocenters. The monoisotopic (exact) mass is 753 g/mol. The molecule has 1 aromatic heterocycles. The van der Waals surface area contributed by atoms with Gasteiger partial charge in [-0.2, -0.15) is 0 Å². The second-order valence-electron chi connectivity index (χ2n) is 15.4. The van der Waals surface area contributed by atoms with Crippen LogP contribution in [0.15, 0.2) is 79.9 Å². The van der Waals surface area contributed by atoms with E-state index in [2.05, 4.69) is 18.5 Å². The molecule has 2 fully saturated rings. The third kappa shape index (κ3) is 10.1. The Hall–Kier alpha value is -5.19. The zero-order chi connectivity index (χ0) is 39.8. The lowest BCUT2D eigenvalue weighted by atomic mass is 9.95. The number of rotatable bonds is 18. The van der Waals surface area contributed by atoms with Gasteiger partial charge in [0.25, 0.3) is 0 Å². The van der Waals surface area contributed by atoms with Crippen LogP contribution >= 0.6 is 0 Å². The number of nitrogens with one attached hydrogen (secondary N) is 1. The average Bonchev–Trinajstić information content (AvgIpc) is 3.72. The summed E-state index contributed by atoms with van der Waals surface area (Å²) in [5.41, 5.74) is 0.249. The number of hydrogen-bond donors (Lipinski definition) is 1. The molecule has 0 spiro atoms. The van der Waals surface area contributed by atoms with Crippen LogP contribution in [0.1, 0.15) is 79.1 Å². The van der Waals surface area contributed by atoms with Crippen LogP contribution in [0.5, 0.6) is 11.5 Å². The molecule has 1 saturated heterocycles. The van der Waals surface area contributed by atoms with E-state index in [1.54, 1.807) is 40.9 Å². The molecule has 11 nitrogen and oxygen atoms in total. The predicted molar refractivity (Wildman–Crippen MR) is 211 cm³/mol. The zero-order valence-electron chi connectivity index (χ0n) is 32.8. The van der Waals surface area contributed by atoms with Crippen LogP contribution in [0.3, 0.4) is 0 Å². The van der Waals surface area contributed by atoms with Crippen LogP contribution in [0, 0.1) is 11.8 Å². The number of ether oxygens (including phenoxy) is 4. The number of hydrogen-bond acceptors (Lipinski definition) is 9. The van der Waals surface area contributed by atoms with Gasteiger partial charge in [0.15, 0.2) is 0 Å². The van der Waals surface area contributed by atoms with Crippen molar-refractivity contribution in [1.29, 1.82) is 0 Å². The van der Waals surface area contributed by atoms with Crippen LogP contribution in [0.4, 0.5) is 0 Å². The Balaban J connectivity index is 1.49. The summed E-state index contributed by atoms with van der Waals surface area (Å²) >= 11 is 0. The number of aromatic nitrogens is 1. The van der Waals surface area contributed by atoms with Gasteiger partial charge in [0.1, 0.15) is 34.8 Å². The van der Waals surface area contributed by atoms with Crippen molar-refractivity contribution in [3.63, 3.8) is 0 Å². The molecule has 3 aromatic rings. The molecular weight excluding hydrogens is 698 g/mol. The van der Waals surface area contributed by atoms with Gasteiger partial charge in [-0.15, -0.1) is 13.2 Å². The van der Waals surface area contributed by atoms with Gasteiger partial charge >= 0.3 is 11.9 Å². The first-order valence-electron chi connectivity index (χ1n) is 19.3. The Morgan fingerprint density at radius 2 is 1.82 bits per heavy atom. The average molecular weight is 754 g/mol. The number of amides is 2. The highest BCUT2D eigenvalue weighted by atomic mass is 16.6. The quantitative estimate of drug-likeness (QED) is 0.0804. The van der Waals surface area contributed by atoms with Gasteiger partial charge in [0.2, 0.25) is 11.8 Å². The van der Waals surface area contributed by atoms with Crippen LogP contribution in [0.2, 0.25) is 0 Å². The van der Waals surface area contributed by atoms with Gasteiger partial charge in [0, 0.05) is 41.3 Å². The van der Waals surface area contributed by atoms with E-state index in [0.717, 1.165) is 30.2 Å². The lowest BCUT2D eigenvalue weighted by molar-refractivity contribution is -0.159. The summed E-state index contributed by atoms with van der Waals surface area (Å²) in [5, 5.41) is 3.69. The number of nitrogens with zero attached hydrogens (tertiary/aromatic N) is 2. The molecule has 1 aliphatic carbocycles. The van der Waals surface area contributed by atoms with Crippen LogP contribution < -0.4 is 14.8 Å². The van der Waals surface area contributed by atoms with Crippen molar-refractivity contribution in [3.05, 3.63) is 79.9 Å². The first-order chi connectivity index (χ1) is 26.3. The summed E-state index contributed by atoms with van der Waals surface area (Å²) in [4.78, 5) is 61.8. The summed E-state index contributed by atoms with van der Waals surface area (Å²) in [5.74, 6) is -1.71. The number of esters is 2. The van der Waals surface area contributed by atoms with Crippen molar-refractivity contribution in [2.45, 2.75) is 102 Å². The number of benzene rings is 2. The normalized spacial score (nSPS) is 21.0. The molecule has 11 heteroatoms. The molecule has 55 heavy (non-hydrogen) atoms. The molecule has 0 bridgehead atoms. The number of carbonyl (C=O) groups excluding carboxylic acids is 4. The fourth-order valence-electron chi connectivity index (χ4n) is 7.26. The first kappa shape index (κ1) is 41.0. The molecule has 0 radical (unpaired) electrons. The smallest absolute Gasteiger partial charge is 0.332 e. The second kappa shape index (κ2) is 18.0. The maximum atomic E-state index is 14.7. The van der Waals surface area contributed by atoms with E-state index in [9.17, 15) is 19.2 Å². The number of unbranched alkanes of at least 4 members (excludes halogenated alkanes) is 3. The van der Waals surface area contributed by atoms with E-state index in [1.807, 2.05) is 60.7 Å². The van der Waals surface area contributed by atoms with E-state index in [1.165, 1.54) is 4.90 Å². The van der Waals surface area contributed by atoms with E-state index in [-0.39, 0.29) is 37.8 Å². The van der Waals surface area contributed by atoms with Gasteiger partial charge < -0.3 is 29.2 Å². The first-order valence-corrected chi connectivity index (χ1v) is 19.3. The largest absolute Gasteiger partial charge is 0.497 e. The minimum Gasteiger partial charge on any atom is -0.497 e. The molecule has 1 N–H and O–H groups in total. The van der Waals surface area contributed by atoms with Crippen LogP contribution in [-0.2, 0) is 28.7 Å². The summed E-state index contributed by atoms with van der Waals surface area (Å²) in [6.07, 6.45) is 7.03. The Kier molecular flexibility index (Phi) is 13.4. The highest BCUT2D eigenvalue weighted by Crippen LogP contribution is 2.46. The molecule has 5 unspecified atom stereocenters. The maximum Gasteiger partial charge on any atom is 0.332 e. The fraction of sp³-hybridized carbons (Fsp3) is 0.477. The summed E-state index contributed by atoms with van der Waals surface area (Å²) in [6.45, 7) is 15.0. The standard InChI is InChI=1S/C44H55N3O8/c1-8-11-12-13-15-20-30(23-39(48)55-43(4,5)6)41(50)47-28-33(25-37(47)40(49)46-44(27-31(44)9-2)42(51)53-10-3)54-38-26-35(29-18-16-14-17-19-29)45-36-24-32(52-7)21-22-34(36)38/h8-9,14,16-19,21-22,24,26,30-31,33,37H,1-2,10-13,15,20,23,25,27-28H2,3-7H3,(H,46,49). The van der Waals surface area contributed by atoms with Crippen molar-refractivity contribution in [2.75, 3.05) is 20.3 Å². The lowest BCUT2D eigenvalue weighted by Crippen LogP contribution is -2.54. The molecule has 1 aliphatic heterocycles. The predicted octanol–water partition coefficient (Wildman–Crippen LogP) is 7.37. The molecule has 5 rings (SSSR count). The van der Waals surface area contributed by atoms with Crippen molar-refractivity contribution in [1.82, 2.24) is 15.2 Å². The van der Waals surface area contributed by atoms with Gasteiger partial charge in [-0.1, -0.05) is 55.3 Å². The number of likely N-dealkylation sites (tertiary alicyclic amines) is 1. The van der Waals surface area contributed by atoms with Crippen molar-refractivity contribution >= 4 is 34.7 Å². The van der Waals surface area contributed by atoms with Crippen LogP contribution in [0.25, 0.3) is 22.2 Å². The summed E-state index contributed by atoms with van der Waals surface area (Å²) in [7, 11) is 1.59. The molecule has 2 aliphatic rings. The summed E-state index contributed by atoms with van der Waals surface area (Å²) < 4.78 is 23.2. The van der Waals surface area contributed by atoms with Crippen molar-refractivity contribution < 1.29 is 38.1 Å². The molecule has 2 aromatic carbocycles. The SMILES string of the molecule is C=CCCCCCC(CC(=O)OC(C)(C)C)C(=O)N1CC(Oc2cc(-c3ccccc3)nc3cc(OC)ccc23)CC1C(=O)NC1(C(=O)OCC)CC1C=C. The topological polar surface area (TPSA) is 133 Å². The molecule has 1 saturated carbocycles. The Labute approximate surface area is 324 Å². The Morgan fingerprint density at radius 3 is 2.47 bits per heavy atom. The zero-order valence-corrected chi connectivity index (χ0v) is 32.8. The number of pyridine rings is 1. The lowest BCUT2D eigenvalue weighted by Gasteiger charge is -2.29. The van der Waals surface area contributed by atoms with Crippen LogP contribution in [-0.4, -0.2) is 77.2 Å². The highest BCUT2D eigenvalue weighted by molar-refractivity contribution is 5.96. The fourth-order valence-corrected chi connectivity index (χ4v) is 7.26. The van der Waals surface area contributed by atoms with E-state index >= 15 is 0 Å². The minimum absolute atomic E-state index is 0.0795. The Morgan fingerprint density at radius 1 is 1.05 bits per heavy atom. The molecule has 294 valence electrons. The second-order valence-corrected chi connectivity index (χ2v) is 15.4. The maximum absolute atomic E-state index is 14.7. The van der Waals surface area contributed by atoms with Gasteiger partial charge in [0.05, 0.1) is 37.9 Å². The third-order valence-corrected chi connectivity index (χ3v) is 10.1. The third-order valence-electron chi connectivity index (χ3n) is 10.1. The van der Waals surface area contributed by atoms with Crippen molar-refractivity contribution in [3.8, 4) is 22.8 Å². The molecular formula is C44H55N3O8. The summed E-state index contributed by atoms with van der Waals surface area (Å²) in [6, 6.07) is 16.2. The van der Waals surface area contributed by atoms with E-state index < -0.39 is 47.0 Å². The van der Waals surface area contributed by atoms with E-state index in [4.69, 9.17) is 23.9 Å².